The average Bonchev–Trinajstić information content (AvgIpc) is 3.28. The Hall–Kier alpha value is -3.93. The maximum absolute atomic E-state index is 13.4. The molecule has 8 nitrogen and oxygen atoms in total. The lowest BCUT2D eigenvalue weighted by atomic mass is 10.00. The van der Waals surface area contributed by atoms with Gasteiger partial charge in [0.15, 0.2) is 5.82 Å². The highest BCUT2D eigenvalue weighted by Gasteiger charge is 2.32. The summed E-state index contributed by atoms with van der Waals surface area (Å²) < 4.78 is 75.7. The van der Waals surface area contributed by atoms with Crippen molar-refractivity contribution < 1.29 is 26.3 Å². The summed E-state index contributed by atoms with van der Waals surface area (Å²) in [6.45, 7) is 0.519. The topological polar surface area (TPSA) is 99.0 Å². The predicted molar refractivity (Wildman–Crippen MR) is 126 cm³/mol. The molecule has 0 saturated carbocycles. The molecule has 186 valence electrons. The molecule has 0 aliphatic carbocycles. The number of fused-ring (bicyclic) bond motifs is 1. The van der Waals surface area contributed by atoms with E-state index in [1.165, 1.54) is 41.3 Å². The van der Waals surface area contributed by atoms with E-state index in [0.717, 1.165) is 30.5 Å². The van der Waals surface area contributed by atoms with Crippen molar-refractivity contribution in [3.63, 3.8) is 0 Å². The number of aromatic nitrogens is 4. The minimum absolute atomic E-state index is 0.00779. The van der Waals surface area contributed by atoms with Crippen molar-refractivity contribution in [1.29, 1.82) is 0 Å². The summed E-state index contributed by atoms with van der Waals surface area (Å²) in [5, 5.41) is 4.04. The Morgan fingerprint density at radius 1 is 1.03 bits per heavy atom. The summed E-state index contributed by atoms with van der Waals surface area (Å²) >= 11 is 0. The van der Waals surface area contributed by atoms with E-state index in [-0.39, 0.29) is 27.7 Å². The number of rotatable bonds is 5. The van der Waals surface area contributed by atoms with E-state index in [4.69, 9.17) is 4.74 Å². The Kier molecular flexibility index (Phi) is 5.91. The van der Waals surface area contributed by atoms with Crippen molar-refractivity contribution in [3.05, 3.63) is 72.1 Å². The molecule has 0 saturated heterocycles. The van der Waals surface area contributed by atoms with Gasteiger partial charge in [0.1, 0.15) is 11.6 Å². The van der Waals surface area contributed by atoms with E-state index in [9.17, 15) is 21.6 Å². The Morgan fingerprint density at radius 3 is 2.61 bits per heavy atom. The number of aryl methyl sites for hydroxylation is 2. The lowest BCUT2D eigenvalue weighted by Crippen LogP contribution is -2.16. The van der Waals surface area contributed by atoms with Crippen LogP contribution in [0.15, 0.2) is 65.8 Å². The summed E-state index contributed by atoms with van der Waals surface area (Å²) in [6, 6.07) is 10.8. The highest BCUT2D eigenvalue weighted by atomic mass is 32.2. The average molecular weight is 516 g/mol. The molecule has 3 heterocycles. The van der Waals surface area contributed by atoms with Gasteiger partial charge in [-0.2, -0.15) is 18.3 Å². The molecule has 1 N–H and O–H groups in total. The molecular formula is C24H20F3N5O3S. The van der Waals surface area contributed by atoms with Crippen LogP contribution in [0.3, 0.4) is 0 Å². The minimum atomic E-state index is -4.55. The van der Waals surface area contributed by atoms with Crippen LogP contribution < -0.4 is 9.46 Å². The Morgan fingerprint density at radius 2 is 1.86 bits per heavy atom. The zero-order valence-corrected chi connectivity index (χ0v) is 19.8. The maximum atomic E-state index is 13.4. The molecule has 36 heavy (non-hydrogen) atoms. The number of nitrogens with zero attached hydrogens (tertiary/aromatic N) is 4. The third-order valence-corrected chi connectivity index (χ3v) is 7.13. The third-order valence-electron chi connectivity index (χ3n) is 5.78. The molecule has 2 aromatic heterocycles. The SMILES string of the molecule is Cn1nccc1-c1cc(C(F)(F)F)ccc1-c1nccc(NS(=O)(=O)c2ccc3c(c2)OCCC3)n1. The first-order valence-corrected chi connectivity index (χ1v) is 12.4. The van der Waals surface area contributed by atoms with Crippen LogP contribution in [0.25, 0.3) is 22.6 Å². The number of ether oxygens (including phenoxy) is 1. The predicted octanol–water partition coefficient (Wildman–Crippen LogP) is 4.69. The van der Waals surface area contributed by atoms with Crippen LogP contribution in [0.1, 0.15) is 17.5 Å². The second kappa shape index (κ2) is 8.94. The van der Waals surface area contributed by atoms with Crippen LogP contribution in [0.2, 0.25) is 0 Å². The number of hydrogen-bond acceptors (Lipinski definition) is 6. The van der Waals surface area contributed by atoms with Gasteiger partial charge < -0.3 is 4.74 Å². The van der Waals surface area contributed by atoms with Crippen molar-refractivity contribution >= 4 is 15.8 Å². The lowest BCUT2D eigenvalue weighted by molar-refractivity contribution is -0.137. The van der Waals surface area contributed by atoms with Gasteiger partial charge in [-0.15, -0.1) is 0 Å². The first-order chi connectivity index (χ1) is 17.1. The molecule has 0 atom stereocenters. The number of sulfonamides is 1. The highest BCUT2D eigenvalue weighted by molar-refractivity contribution is 7.92. The first-order valence-electron chi connectivity index (χ1n) is 10.9. The Balaban J connectivity index is 1.52. The van der Waals surface area contributed by atoms with Crippen molar-refractivity contribution in [2.24, 2.45) is 7.05 Å². The molecule has 0 unspecified atom stereocenters. The Labute approximate surface area is 204 Å². The number of hydrogen-bond donors (Lipinski definition) is 1. The standard InChI is InChI=1S/C24H20F3N5O3S/c1-32-20(8-11-29-32)19-13-16(24(25,26)27)5-7-18(19)23-28-10-9-22(30-23)31-36(33,34)17-6-4-15-3-2-12-35-21(15)14-17/h4-11,13-14H,2-3,12H2,1H3,(H,28,30,31). The van der Waals surface area contributed by atoms with Crippen LogP contribution >= 0.6 is 0 Å². The van der Waals surface area contributed by atoms with Crippen molar-refractivity contribution in [2.75, 3.05) is 11.3 Å². The maximum Gasteiger partial charge on any atom is 0.416 e. The molecule has 0 amide bonds. The van der Waals surface area contributed by atoms with Gasteiger partial charge in [-0.3, -0.25) is 9.40 Å². The van der Waals surface area contributed by atoms with Gasteiger partial charge >= 0.3 is 6.18 Å². The van der Waals surface area contributed by atoms with E-state index < -0.39 is 21.8 Å². The second-order valence-electron chi connectivity index (χ2n) is 8.19. The van der Waals surface area contributed by atoms with E-state index in [1.54, 1.807) is 19.2 Å². The first kappa shape index (κ1) is 23.8. The molecule has 4 aromatic rings. The summed E-state index contributed by atoms with van der Waals surface area (Å²) in [4.78, 5) is 8.48. The second-order valence-corrected chi connectivity index (χ2v) is 9.87. The van der Waals surface area contributed by atoms with Gasteiger partial charge in [0.25, 0.3) is 10.0 Å². The van der Waals surface area contributed by atoms with E-state index >= 15 is 0 Å². The van der Waals surface area contributed by atoms with Gasteiger partial charge in [0, 0.05) is 36.6 Å². The molecule has 0 fully saturated rings. The number of anilines is 1. The van der Waals surface area contributed by atoms with Crippen molar-refractivity contribution in [3.8, 4) is 28.4 Å². The van der Waals surface area contributed by atoms with Crippen LogP contribution in [-0.4, -0.2) is 34.8 Å². The van der Waals surface area contributed by atoms with Crippen molar-refractivity contribution in [2.45, 2.75) is 23.9 Å². The molecule has 1 aliphatic heterocycles. The summed E-state index contributed by atoms with van der Waals surface area (Å²) in [5.41, 5.74) is 1.01. The van der Waals surface area contributed by atoms with Gasteiger partial charge in [0.2, 0.25) is 0 Å². The van der Waals surface area contributed by atoms with Crippen LogP contribution in [-0.2, 0) is 29.7 Å². The zero-order chi connectivity index (χ0) is 25.5. The smallest absolute Gasteiger partial charge is 0.416 e. The van der Waals surface area contributed by atoms with Gasteiger partial charge in [-0.25, -0.2) is 18.4 Å². The molecule has 1 aliphatic rings. The normalized spacial score (nSPS) is 13.7. The molecule has 5 rings (SSSR count). The van der Waals surface area contributed by atoms with Crippen LogP contribution in [0, 0.1) is 0 Å². The van der Waals surface area contributed by atoms with Crippen LogP contribution in [0.5, 0.6) is 5.75 Å². The minimum Gasteiger partial charge on any atom is -0.493 e. The quantitative estimate of drug-likeness (QED) is 0.414. The molecule has 0 radical (unpaired) electrons. The molecule has 0 bridgehead atoms. The summed E-state index contributed by atoms with van der Waals surface area (Å²) in [5.74, 6) is 0.543. The lowest BCUT2D eigenvalue weighted by Gasteiger charge is -2.18. The van der Waals surface area contributed by atoms with Crippen molar-refractivity contribution in [1.82, 2.24) is 19.7 Å². The zero-order valence-electron chi connectivity index (χ0n) is 19.0. The number of halogens is 3. The number of nitrogens with one attached hydrogen (secondary N) is 1. The summed E-state index contributed by atoms with van der Waals surface area (Å²) in [7, 11) is -2.41. The van der Waals surface area contributed by atoms with Gasteiger partial charge in [0.05, 0.1) is 22.8 Å². The number of benzene rings is 2. The van der Waals surface area contributed by atoms with E-state index in [0.29, 0.717) is 18.1 Å². The van der Waals surface area contributed by atoms with Gasteiger partial charge in [-0.1, -0.05) is 6.07 Å². The molecule has 0 spiro atoms. The fourth-order valence-corrected chi connectivity index (χ4v) is 5.01. The monoisotopic (exact) mass is 515 g/mol. The number of alkyl halides is 3. The fraction of sp³-hybridized carbons (Fsp3) is 0.208. The molecule has 12 heteroatoms. The van der Waals surface area contributed by atoms with Crippen LogP contribution in [0.4, 0.5) is 19.0 Å². The fourth-order valence-electron chi connectivity index (χ4n) is 4.00. The van der Waals surface area contributed by atoms with E-state index in [2.05, 4.69) is 19.8 Å². The summed E-state index contributed by atoms with van der Waals surface area (Å²) in [6.07, 6.45) is -0.0764. The Bertz CT molecular complexity index is 1550. The van der Waals surface area contributed by atoms with E-state index in [1.807, 2.05) is 0 Å². The highest BCUT2D eigenvalue weighted by Crippen LogP contribution is 2.37. The molecular weight excluding hydrogens is 495 g/mol. The molecule has 2 aromatic carbocycles. The van der Waals surface area contributed by atoms with Gasteiger partial charge in [-0.05, 0) is 54.8 Å². The third kappa shape index (κ3) is 4.63. The largest absolute Gasteiger partial charge is 0.493 e.